The number of likely N-dealkylation sites (tertiary alicyclic amines) is 2. The number of benzene rings is 1. The molecule has 3 aliphatic heterocycles. The topological polar surface area (TPSA) is 73.2 Å². The molecule has 3 saturated heterocycles. The van der Waals surface area contributed by atoms with E-state index in [1.807, 2.05) is 17.9 Å². The van der Waals surface area contributed by atoms with Crippen LogP contribution in [0.15, 0.2) is 18.2 Å². The first kappa shape index (κ1) is 19.7. The Morgan fingerprint density at radius 1 is 1.21 bits per heavy atom. The van der Waals surface area contributed by atoms with Crippen molar-refractivity contribution in [2.75, 3.05) is 39.3 Å². The van der Waals surface area contributed by atoms with Crippen LogP contribution in [0.25, 0.3) is 0 Å². The first-order chi connectivity index (χ1) is 13.4. The Labute approximate surface area is 167 Å². The number of ether oxygens (including phenoxy) is 1. The van der Waals surface area contributed by atoms with Crippen molar-refractivity contribution in [1.82, 2.24) is 9.80 Å². The number of hydrogen-bond donors (Lipinski definition) is 2. The number of aryl methyl sites for hydroxylation is 1. The summed E-state index contributed by atoms with van der Waals surface area (Å²) in [6.45, 7) is 7.02. The highest BCUT2D eigenvalue weighted by Crippen LogP contribution is 2.42. The molecule has 0 radical (unpaired) electrons. The molecule has 1 aromatic rings. The van der Waals surface area contributed by atoms with Gasteiger partial charge in [0.2, 0.25) is 0 Å². The smallest absolute Gasteiger partial charge is 0.257 e. The fourth-order valence-electron chi connectivity index (χ4n) is 4.93. The van der Waals surface area contributed by atoms with Crippen molar-refractivity contribution < 1.29 is 19.7 Å². The van der Waals surface area contributed by atoms with E-state index in [1.165, 1.54) is 0 Å². The average Bonchev–Trinajstić information content (AvgIpc) is 3.08. The zero-order valence-corrected chi connectivity index (χ0v) is 16.8. The van der Waals surface area contributed by atoms with E-state index < -0.39 is 0 Å². The molecule has 28 heavy (non-hydrogen) atoms. The quantitative estimate of drug-likeness (QED) is 0.830. The molecular formula is C22H32N2O4. The Morgan fingerprint density at radius 2 is 1.93 bits per heavy atom. The lowest BCUT2D eigenvalue weighted by Gasteiger charge is -2.38. The van der Waals surface area contributed by atoms with E-state index in [1.54, 1.807) is 12.1 Å². The fourth-order valence-corrected chi connectivity index (χ4v) is 4.93. The van der Waals surface area contributed by atoms with Crippen LogP contribution in [0.4, 0.5) is 0 Å². The summed E-state index contributed by atoms with van der Waals surface area (Å²) >= 11 is 0. The molecule has 3 aliphatic rings. The fraction of sp³-hybridized carbons (Fsp3) is 0.682. The Hall–Kier alpha value is -1.63. The number of carbonyl (C=O) groups excluding carboxylic acids is 1. The van der Waals surface area contributed by atoms with E-state index in [-0.39, 0.29) is 29.3 Å². The number of phenolic OH excluding ortho intramolecular Hbond substituents is 1. The molecule has 2 N–H and O–H groups in total. The van der Waals surface area contributed by atoms with Crippen molar-refractivity contribution in [3.05, 3.63) is 29.3 Å². The number of carbonyl (C=O) groups is 1. The second-order valence-corrected chi connectivity index (χ2v) is 8.98. The molecule has 6 heteroatoms. The molecule has 3 fully saturated rings. The van der Waals surface area contributed by atoms with E-state index in [0.29, 0.717) is 5.56 Å². The van der Waals surface area contributed by atoms with Crippen molar-refractivity contribution in [2.45, 2.75) is 51.2 Å². The molecule has 4 rings (SSSR count). The molecule has 0 aromatic heterocycles. The Morgan fingerprint density at radius 3 is 2.64 bits per heavy atom. The van der Waals surface area contributed by atoms with E-state index in [4.69, 9.17) is 4.74 Å². The molecule has 0 bridgehead atoms. The summed E-state index contributed by atoms with van der Waals surface area (Å²) in [6.07, 6.45) is 4.83. The summed E-state index contributed by atoms with van der Waals surface area (Å²) in [7, 11) is 0. The van der Waals surface area contributed by atoms with Crippen LogP contribution in [-0.2, 0) is 4.74 Å². The van der Waals surface area contributed by atoms with E-state index in [9.17, 15) is 15.0 Å². The molecule has 0 aliphatic carbocycles. The lowest BCUT2D eigenvalue weighted by Crippen LogP contribution is -2.44. The van der Waals surface area contributed by atoms with Gasteiger partial charge in [-0.25, -0.2) is 0 Å². The Bertz CT molecular complexity index is 706. The van der Waals surface area contributed by atoms with E-state index in [2.05, 4.69) is 4.90 Å². The largest absolute Gasteiger partial charge is 0.507 e. The minimum Gasteiger partial charge on any atom is -0.507 e. The Balaban J connectivity index is 1.30. The molecular weight excluding hydrogens is 356 g/mol. The van der Waals surface area contributed by atoms with Gasteiger partial charge in [0.05, 0.1) is 24.4 Å². The normalized spacial score (nSPS) is 26.1. The summed E-state index contributed by atoms with van der Waals surface area (Å²) in [5.74, 6) is -0.00908. The van der Waals surface area contributed by atoms with Crippen LogP contribution in [0.1, 0.15) is 48.0 Å². The van der Waals surface area contributed by atoms with Crippen LogP contribution < -0.4 is 0 Å². The lowest BCUT2D eigenvalue weighted by atomic mass is 9.76. The maximum atomic E-state index is 12.8. The third-order valence-electron chi connectivity index (χ3n) is 6.80. The van der Waals surface area contributed by atoms with Gasteiger partial charge in [0.25, 0.3) is 5.91 Å². The van der Waals surface area contributed by atoms with Gasteiger partial charge in [-0.15, -0.1) is 0 Å². The van der Waals surface area contributed by atoms with Gasteiger partial charge < -0.3 is 24.7 Å². The highest BCUT2D eigenvalue weighted by atomic mass is 16.5. The van der Waals surface area contributed by atoms with Crippen molar-refractivity contribution >= 4 is 5.91 Å². The van der Waals surface area contributed by atoms with Crippen LogP contribution in [0.5, 0.6) is 5.75 Å². The van der Waals surface area contributed by atoms with Gasteiger partial charge in [0, 0.05) is 32.7 Å². The molecule has 1 amide bonds. The zero-order valence-electron chi connectivity index (χ0n) is 16.8. The zero-order chi connectivity index (χ0) is 19.7. The lowest BCUT2D eigenvalue weighted by molar-refractivity contribution is 0.0302. The third-order valence-corrected chi connectivity index (χ3v) is 6.80. The van der Waals surface area contributed by atoms with Gasteiger partial charge in [-0.3, -0.25) is 4.79 Å². The molecule has 1 spiro atoms. The number of piperidine rings is 2. The summed E-state index contributed by atoms with van der Waals surface area (Å²) in [4.78, 5) is 17.1. The number of hydrogen-bond acceptors (Lipinski definition) is 5. The molecule has 1 aromatic carbocycles. The predicted octanol–water partition coefficient (Wildman–Crippen LogP) is 2.17. The van der Waals surface area contributed by atoms with Gasteiger partial charge in [-0.2, -0.15) is 0 Å². The van der Waals surface area contributed by atoms with Gasteiger partial charge in [-0.1, -0.05) is 11.6 Å². The van der Waals surface area contributed by atoms with Crippen molar-refractivity contribution in [3.63, 3.8) is 0 Å². The first-order valence-corrected chi connectivity index (χ1v) is 10.6. The minimum atomic E-state index is -0.137. The van der Waals surface area contributed by atoms with Crippen LogP contribution >= 0.6 is 0 Å². The molecule has 3 heterocycles. The first-order valence-electron chi connectivity index (χ1n) is 10.6. The second-order valence-electron chi connectivity index (χ2n) is 8.98. The summed E-state index contributed by atoms with van der Waals surface area (Å²) in [5, 5.41) is 19.7. The van der Waals surface area contributed by atoms with Crippen molar-refractivity contribution in [1.29, 1.82) is 0 Å². The molecule has 0 unspecified atom stereocenters. The number of rotatable bonds is 3. The van der Waals surface area contributed by atoms with Crippen LogP contribution in [0.2, 0.25) is 0 Å². The monoisotopic (exact) mass is 388 g/mol. The second kappa shape index (κ2) is 8.01. The summed E-state index contributed by atoms with van der Waals surface area (Å²) < 4.78 is 6.14. The number of phenols is 1. The summed E-state index contributed by atoms with van der Waals surface area (Å²) in [5.41, 5.74) is 1.57. The molecule has 154 valence electrons. The standard InChI is InChI=1S/C22H32N2O4/c1-16-2-3-20(26)19(12-16)21(27)24-10-6-22(7-11-24)13-18(28-15-22)14-23-8-4-17(25)5-9-23/h2-3,12,17-18,25-26H,4-11,13-15H2,1H3/t18-/m1/s1. The Kier molecular flexibility index (Phi) is 5.63. The van der Waals surface area contributed by atoms with Gasteiger partial charge in [-0.05, 0) is 56.6 Å². The number of aliphatic hydroxyl groups excluding tert-OH is 1. The number of aliphatic hydroxyl groups is 1. The highest BCUT2D eigenvalue weighted by molar-refractivity contribution is 5.97. The van der Waals surface area contributed by atoms with Crippen LogP contribution in [-0.4, -0.2) is 77.5 Å². The van der Waals surface area contributed by atoms with Crippen LogP contribution in [0, 0.1) is 12.3 Å². The molecule has 1 atom stereocenters. The molecule has 6 nitrogen and oxygen atoms in total. The molecule has 0 saturated carbocycles. The minimum absolute atomic E-state index is 0.0619. The maximum absolute atomic E-state index is 12.8. The third kappa shape index (κ3) is 4.19. The predicted molar refractivity (Wildman–Crippen MR) is 106 cm³/mol. The van der Waals surface area contributed by atoms with Crippen molar-refractivity contribution in [2.24, 2.45) is 5.41 Å². The van der Waals surface area contributed by atoms with Crippen molar-refractivity contribution in [3.8, 4) is 5.75 Å². The summed E-state index contributed by atoms with van der Waals surface area (Å²) in [6, 6.07) is 5.19. The highest BCUT2D eigenvalue weighted by Gasteiger charge is 2.43. The van der Waals surface area contributed by atoms with Gasteiger partial charge in [0.15, 0.2) is 0 Å². The number of nitrogens with zero attached hydrogens (tertiary/aromatic N) is 2. The van der Waals surface area contributed by atoms with E-state index >= 15 is 0 Å². The van der Waals surface area contributed by atoms with E-state index in [0.717, 1.165) is 77.0 Å². The SMILES string of the molecule is Cc1ccc(O)c(C(=O)N2CCC3(CC2)CO[C@@H](CN2CCC(O)CC2)C3)c1. The average molecular weight is 389 g/mol. The van der Waals surface area contributed by atoms with Gasteiger partial charge in [0.1, 0.15) is 5.75 Å². The van der Waals surface area contributed by atoms with Crippen LogP contribution in [0.3, 0.4) is 0 Å². The number of aromatic hydroxyl groups is 1. The maximum Gasteiger partial charge on any atom is 0.257 e. The van der Waals surface area contributed by atoms with Gasteiger partial charge >= 0.3 is 0 Å². The number of amides is 1.